The van der Waals surface area contributed by atoms with Crippen molar-refractivity contribution in [1.82, 2.24) is 4.90 Å². The molecule has 0 N–H and O–H groups in total. The van der Waals surface area contributed by atoms with Gasteiger partial charge in [-0.2, -0.15) is 0 Å². The summed E-state index contributed by atoms with van der Waals surface area (Å²) >= 11 is 0. The third kappa shape index (κ3) is 2.50. The van der Waals surface area contributed by atoms with Gasteiger partial charge in [0.15, 0.2) is 0 Å². The molecule has 1 nitrogen and oxygen atoms in total. The Hall–Kier alpha value is -1.15. The summed E-state index contributed by atoms with van der Waals surface area (Å²) in [5, 5.41) is 0. The van der Waals surface area contributed by atoms with E-state index in [1.165, 1.54) is 23.3 Å². The van der Waals surface area contributed by atoms with E-state index < -0.39 is 0 Å². The molecule has 0 aromatic heterocycles. The normalized spacial score (nSPS) is 17.6. The highest BCUT2D eigenvalue weighted by molar-refractivity contribution is 5.67. The Labute approximate surface area is 96.6 Å². The van der Waals surface area contributed by atoms with Gasteiger partial charge in [0.1, 0.15) is 5.82 Å². The molecule has 2 heteroatoms. The highest BCUT2D eigenvalue weighted by Crippen LogP contribution is 2.25. The minimum atomic E-state index is -0.162. The monoisotopic (exact) mass is 219 g/mol. The fourth-order valence-corrected chi connectivity index (χ4v) is 2.17. The number of nitrogens with zero attached hydrogens (tertiary/aromatic N) is 1. The van der Waals surface area contributed by atoms with Crippen LogP contribution in [0.3, 0.4) is 0 Å². The minimum Gasteiger partial charge on any atom is -0.306 e. The number of piperidine rings is 1. The van der Waals surface area contributed by atoms with Gasteiger partial charge in [-0.15, -0.1) is 0 Å². The predicted molar refractivity (Wildman–Crippen MR) is 65.7 cm³/mol. The summed E-state index contributed by atoms with van der Waals surface area (Å²) in [4.78, 5) is 2.35. The summed E-state index contributed by atoms with van der Waals surface area (Å²) in [6.45, 7) is 4.41. The van der Waals surface area contributed by atoms with Crippen LogP contribution in [-0.4, -0.2) is 25.0 Å². The van der Waals surface area contributed by atoms with E-state index in [4.69, 9.17) is 0 Å². The molecule has 0 aliphatic carbocycles. The summed E-state index contributed by atoms with van der Waals surface area (Å²) in [7, 11) is 2.16. The highest BCUT2D eigenvalue weighted by Gasteiger charge is 2.12. The molecule has 1 aliphatic heterocycles. The van der Waals surface area contributed by atoms with Crippen LogP contribution in [0.2, 0.25) is 0 Å². The fraction of sp³-hybridized carbons (Fsp3) is 0.429. The van der Waals surface area contributed by atoms with E-state index in [9.17, 15) is 4.39 Å². The van der Waals surface area contributed by atoms with Crippen molar-refractivity contribution in [3.05, 3.63) is 41.2 Å². The van der Waals surface area contributed by atoms with Crippen molar-refractivity contribution in [2.75, 3.05) is 20.1 Å². The van der Waals surface area contributed by atoms with E-state index in [1.807, 2.05) is 12.1 Å². The van der Waals surface area contributed by atoms with Gasteiger partial charge in [0.25, 0.3) is 0 Å². The topological polar surface area (TPSA) is 3.24 Å². The molecule has 0 radical (unpaired) electrons. The van der Waals surface area contributed by atoms with Crippen LogP contribution in [0.25, 0.3) is 5.57 Å². The number of rotatable bonds is 1. The number of hydrogen-bond acceptors (Lipinski definition) is 1. The molecule has 0 amide bonds. The van der Waals surface area contributed by atoms with E-state index in [-0.39, 0.29) is 5.82 Å². The molecular weight excluding hydrogens is 201 g/mol. The average molecular weight is 219 g/mol. The fourth-order valence-electron chi connectivity index (χ4n) is 2.17. The molecule has 0 unspecified atom stereocenters. The van der Waals surface area contributed by atoms with Crippen molar-refractivity contribution in [2.24, 2.45) is 0 Å². The molecule has 0 saturated carbocycles. The lowest BCUT2D eigenvalue weighted by atomic mass is 9.94. The van der Waals surface area contributed by atoms with E-state index in [1.54, 1.807) is 0 Å². The quantitative estimate of drug-likeness (QED) is 0.700. The molecule has 2 rings (SSSR count). The van der Waals surface area contributed by atoms with Crippen LogP contribution in [0.4, 0.5) is 4.39 Å². The molecule has 1 aliphatic rings. The van der Waals surface area contributed by atoms with Crippen LogP contribution in [0.5, 0.6) is 0 Å². The van der Waals surface area contributed by atoms with Crippen molar-refractivity contribution >= 4 is 5.57 Å². The van der Waals surface area contributed by atoms with Crippen molar-refractivity contribution in [3.8, 4) is 0 Å². The van der Waals surface area contributed by atoms with Gasteiger partial charge in [-0.3, -0.25) is 0 Å². The summed E-state index contributed by atoms with van der Waals surface area (Å²) < 4.78 is 12.8. The second kappa shape index (κ2) is 4.79. The lowest BCUT2D eigenvalue weighted by molar-refractivity contribution is 0.313. The van der Waals surface area contributed by atoms with Gasteiger partial charge in [-0.25, -0.2) is 4.39 Å². The van der Waals surface area contributed by atoms with Crippen LogP contribution in [0.15, 0.2) is 29.8 Å². The Kier molecular flexibility index (Phi) is 3.39. The first-order valence-electron chi connectivity index (χ1n) is 5.80. The van der Waals surface area contributed by atoms with E-state index in [0.717, 1.165) is 31.5 Å². The van der Waals surface area contributed by atoms with Crippen LogP contribution >= 0.6 is 0 Å². The van der Waals surface area contributed by atoms with E-state index >= 15 is 0 Å². The number of allylic oxidation sites excluding steroid dienone is 1. The van der Waals surface area contributed by atoms with Crippen LogP contribution in [0.1, 0.15) is 25.3 Å². The van der Waals surface area contributed by atoms with Crippen molar-refractivity contribution in [2.45, 2.75) is 19.8 Å². The van der Waals surface area contributed by atoms with Gasteiger partial charge in [-0.1, -0.05) is 17.7 Å². The van der Waals surface area contributed by atoms with Crippen molar-refractivity contribution in [3.63, 3.8) is 0 Å². The minimum absolute atomic E-state index is 0.162. The zero-order chi connectivity index (χ0) is 11.5. The van der Waals surface area contributed by atoms with Crippen molar-refractivity contribution in [1.29, 1.82) is 0 Å². The lowest BCUT2D eigenvalue weighted by Crippen LogP contribution is -2.26. The van der Waals surface area contributed by atoms with E-state index in [2.05, 4.69) is 18.9 Å². The summed E-state index contributed by atoms with van der Waals surface area (Å²) in [5.74, 6) is -0.162. The Morgan fingerprint density at radius 2 is 1.69 bits per heavy atom. The SMILES string of the molecule is CC(=C1CCN(C)CC1)c1ccc(F)cc1. The summed E-state index contributed by atoms with van der Waals surface area (Å²) in [6.07, 6.45) is 2.28. The molecule has 0 spiro atoms. The summed E-state index contributed by atoms with van der Waals surface area (Å²) in [5.41, 5.74) is 4.00. The predicted octanol–water partition coefficient (Wildman–Crippen LogP) is 3.32. The Morgan fingerprint density at radius 3 is 2.25 bits per heavy atom. The van der Waals surface area contributed by atoms with Gasteiger partial charge >= 0.3 is 0 Å². The first-order chi connectivity index (χ1) is 7.66. The molecule has 86 valence electrons. The third-order valence-electron chi connectivity index (χ3n) is 3.40. The Morgan fingerprint density at radius 1 is 1.12 bits per heavy atom. The third-order valence-corrected chi connectivity index (χ3v) is 3.40. The standard InChI is InChI=1S/C14H18FN/c1-11(12-3-5-14(15)6-4-12)13-7-9-16(2)10-8-13/h3-6H,7-10H2,1-2H3. The molecule has 0 atom stereocenters. The Bertz CT molecular complexity index is 382. The molecule has 1 heterocycles. The maximum absolute atomic E-state index is 12.8. The molecule has 16 heavy (non-hydrogen) atoms. The smallest absolute Gasteiger partial charge is 0.123 e. The first-order valence-corrected chi connectivity index (χ1v) is 5.80. The molecule has 1 saturated heterocycles. The molecule has 1 aromatic carbocycles. The van der Waals surface area contributed by atoms with Crippen molar-refractivity contribution < 1.29 is 4.39 Å². The molecular formula is C14H18FN. The highest BCUT2D eigenvalue weighted by atomic mass is 19.1. The first kappa shape index (κ1) is 11.3. The molecule has 0 bridgehead atoms. The van der Waals surface area contributed by atoms with Gasteiger partial charge < -0.3 is 4.90 Å². The Balaban J connectivity index is 2.20. The van der Waals surface area contributed by atoms with Gasteiger partial charge in [0.05, 0.1) is 0 Å². The van der Waals surface area contributed by atoms with E-state index in [0.29, 0.717) is 0 Å². The molecule has 1 aromatic rings. The average Bonchev–Trinajstić information content (AvgIpc) is 2.30. The zero-order valence-electron chi connectivity index (χ0n) is 9.96. The van der Waals surface area contributed by atoms with Crippen LogP contribution in [-0.2, 0) is 0 Å². The number of benzene rings is 1. The molecule has 1 fully saturated rings. The summed E-state index contributed by atoms with van der Waals surface area (Å²) in [6, 6.07) is 6.81. The maximum Gasteiger partial charge on any atom is 0.123 e. The van der Waals surface area contributed by atoms with Gasteiger partial charge in [0, 0.05) is 13.1 Å². The number of hydrogen-bond donors (Lipinski definition) is 0. The lowest BCUT2D eigenvalue weighted by Gasteiger charge is -2.25. The second-order valence-electron chi connectivity index (χ2n) is 4.54. The van der Waals surface area contributed by atoms with Crippen LogP contribution < -0.4 is 0 Å². The zero-order valence-corrected chi connectivity index (χ0v) is 9.96. The van der Waals surface area contributed by atoms with Gasteiger partial charge in [0.2, 0.25) is 0 Å². The largest absolute Gasteiger partial charge is 0.306 e. The number of halogens is 1. The maximum atomic E-state index is 12.8. The van der Waals surface area contributed by atoms with Gasteiger partial charge in [-0.05, 0) is 50.1 Å². The number of likely N-dealkylation sites (tertiary alicyclic amines) is 1. The van der Waals surface area contributed by atoms with Crippen LogP contribution in [0, 0.1) is 5.82 Å². The second-order valence-corrected chi connectivity index (χ2v) is 4.54.